The minimum absolute atomic E-state index is 0.0442. The van der Waals surface area contributed by atoms with Gasteiger partial charge in [0.1, 0.15) is 11.7 Å². The molecule has 0 aromatic heterocycles. The van der Waals surface area contributed by atoms with E-state index in [4.69, 9.17) is 0 Å². The van der Waals surface area contributed by atoms with Crippen LogP contribution in [0.2, 0.25) is 0 Å². The van der Waals surface area contributed by atoms with Crippen molar-refractivity contribution in [3.8, 4) is 0 Å². The molecule has 0 amide bonds. The predicted octanol–water partition coefficient (Wildman–Crippen LogP) is 9.03. The quantitative estimate of drug-likeness (QED) is 0.224. The third-order valence-corrected chi connectivity index (χ3v) is 9.97. The highest BCUT2D eigenvalue weighted by Crippen LogP contribution is 2.50. The molecule has 1 N–H and O–H groups in total. The van der Waals surface area contributed by atoms with Crippen LogP contribution in [-0.2, 0) is 10.8 Å². The summed E-state index contributed by atoms with van der Waals surface area (Å²) in [6.45, 7) is 15.5. The second-order valence-corrected chi connectivity index (χ2v) is 13.9. The van der Waals surface area contributed by atoms with E-state index in [0.29, 0.717) is 6.04 Å². The maximum atomic E-state index is 2.47. The zero-order valence-electron chi connectivity index (χ0n) is 26.5. The van der Waals surface area contributed by atoms with Gasteiger partial charge in [-0.25, -0.2) is 0 Å². The summed E-state index contributed by atoms with van der Waals surface area (Å²) in [6.07, 6.45) is 14.1. The van der Waals surface area contributed by atoms with Crippen LogP contribution in [0.3, 0.4) is 0 Å². The van der Waals surface area contributed by atoms with Crippen LogP contribution < -0.4 is 9.80 Å². The Balaban J connectivity index is 1.29. The summed E-state index contributed by atoms with van der Waals surface area (Å²) in [5.74, 6) is 0.739. The molecule has 6 rings (SSSR count). The lowest BCUT2D eigenvalue weighted by molar-refractivity contribution is -0.850. The van der Waals surface area contributed by atoms with E-state index in [1.807, 2.05) is 0 Å². The first-order valence-corrected chi connectivity index (χ1v) is 15.8. The standard InChI is InChI=1S/C40H46N2/c1-28(2)16-15-27-42-34-26-24-30-18-12-14-20-32(30)38(34)40(5,6)36(42)22-10-8-9-21-35-39(3,4)37-31-19-13-11-17-29(31)23-25-33(37)41(35)7/h8-14,17-26,28,36H,15-16,27H2,1-7H3/p+1/b9-8+,22-10+,35-21+. The van der Waals surface area contributed by atoms with E-state index in [-0.39, 0.29) is 10.8 Å². The van der Waals surface area contributed by atoms with Gasteiger partial charge in [-0.2, -0.15) is 0 Å². The Morgan fingerprint density at radius 3 is 2.12 bits per heavy atom. The summed E-state index contributed by atoms with van der Waals surface area (Å²) in [5, 5.41) is 5.43. The largest absolute Gasteiger partial charge is 0.347 e. The number of hydrogen-bond donors (Lipinski definition) is 1. The normalized spacial score (nSPS) is 21.9. The van der Waals surface area contributed by atoms with Crippen molar-refractivity contribution in [1.29, 1.82) is 0 Å². The van der Waals surface area contributed by atoms with E-state index in [2.05, 4.69) is 157 Å². The third-order valence-electron chi connectivity index (χ3n) is 9.97. The summed E-state index contributed by atoms with van der Waals surface area (Å²) in [7, 11) is 2.21. The molecule has 2 heteroatoms. The number of fused-ring (bicyclic) bond motifs is 6. The summed E-state index contributed by atoms with van der Waals surface area (Å²) in [4.78, 5) is 3.99. The lowest BCUT2D eigenvalue weighted by atomic mass is 9.78. The molecule has 4 aromatic rings. The molecular weight excluding hydrogens is 508 g/mol. The predicted molar refractivity (Wildman–Crippen MR) is 182 cm³/mol. The van der Waals surface area contributed by atoms with Gasteiger partial charge in [0.2, 0.25) is 0 Å². The number of nitrogens with one attached hydrogen (secondary N) is 1. The van der Waals surface area contributed by atoms with Gasteiger partial charge in [-0.15, -0.1) is 0 Å². The summed E-state index contributed by atoms with van der Waals surface area (Å²) in [6, 6.07) is 27.4. The Hall–Kier alpha value is -3.62. The van der Waals surface area contributed by atoms with Gasteiger partial charge in [0.25, 0.3) is 0 Å². The number of hydrogen-bond acceptors (Lipinski definition) is 1. The molecule has 216 valence electrons. The molecule has 2 heterocycles. The summed E-state index contributed by atoms with van der Waals surface area (Å²) >= 11 is 0. The average molecular weight is 556 g/mol. The van der Waals surface area contributed by atoms with Crippen LogP contribution >= 0.6 is 0 Å². The minimum atomic E-state index is -0.0630. The zero-order valence-corrected chi connectivity index (χ0v) is 26.5. The smallest absolute Gasteiger partial charge is 0.136 e. The van der Waals surface area contributed by atoms with Crippen molar-refractivity contribution in [3.63, 3.8) is 0 Å². The van der Waals surface area contributed by atoms with Gasteiger partial charge in [-0.1, -0.05) is 101 Å². The van der Waals surface area contributed by atoms with Crippen LogP contribution in [0.1, 0.15) is 65.5 Å². The zero-order chi connectivity index (χ0) is 29.6. The lowest BCUT2D eigenvalue weighted by Gasteiger charge is -2.28. The monoisotopic (exact) mass is 555 g/mol. The van der Waals surface area contributed by atoms with Gasteiger partial charge in [-0.05, 0) is 84.0 Å². The highest BCUT2D eigenvalue weighted by atomic mass is 15.2. The molecule has 2 unspecified atom stereocenters. The number of nitrogens with zero attached hydrogens (tertiary/aromatic N) is 1. The van der Waals surface area contributed by atoms with Crippen molar-refractivity contribution in [1.82, 2.24) is 0 Å². The molecular formula is C40H47N2+. The maximum Gasteiger partial charge on any atom is 0.136 e. The Morgan fingerprint density at radius 1 is 0.786 bits per heavy atom. The topological polar surface area (TPSA) is 7.68 Å². The second-order valence-electron chi connectivity index (χ2n) is 13.9. The fourth-order valence-electron chi connectivity index (χ4n) is 7.92. The molecule has 0 saturated heterocycles. The molecule has 0 fully saturated rings. The molecule has 0 saturated carbocycles. The Bertz CT molecular complexity index is 1710. The molecule has 2 nitrogen and oxygen atoms in total. The van der Waals surface area contributed by atoms with Crippen molar-refractivity contribution < 1.29 is 4.90 Å². The van der Waals surface area contributed by atoms with E-state index >= 15 is 0 Å². The van der Waals surface area contributed by atoms with Crippen molar-refractivity contribution in [2.75, 3.05) is 18.5 Å². The van der Waals surface area contributed by atoms with Crippen molar-refractivity contribution in [3.05, 3.63) is 120 Å². The van der Waals surface area contributed by atoms with E-state index in [1.54, 1.807) is 4.90 Å². The third kappa shape index (κ3) is 4.71. The Kier molecular flexibility index (Phi) is 7.39. The SMILES string of the molecule is CC(C)CCC[NH+]1c2ccc3ccccc3c2C(C)(C)C1/C=C/C=C/C=C1/N(C)c2ccc3ccccc3c2C1(C)C. The van der Waals surface area contributed by atoms with Gasteiger partial charge < -0.3 is 4.90 Å². The molecule has 4 aromatic carbocycles. The Labute approximate surface area is 253 Å². The van der Waals surface area contributed by atoms with E-state index in [9.17, 15) is 0 Å². The van der Waals surface area contributed by atoms with Crippen molar-refractivity contribution in [2.24, 2.45) is 5.92 Å². The number of anilines is 1. The molecule has 42 heavy (non-hydrogen) atoms. The van der Waals surface area contributed by atoms with E-state index < -0.39 is 0 Å². The highest BCUT2D eigenvalue weighted by molar-refractivity contribution is 5.95. The number of allylic oxidation sites excluding steroid dienone is 5. The van der Waals surface area contributed by atoms with Gasteiger partial charge >= 0.3 is 0 Å². The fraction of sp³-hybridized carbons (Fsp3) is 0.350. The fourth-order valence-corrected chi connectivity index (χ4v) is 7.92. The molecule has 2 aliphatic heterocycles. The first-order valence-electron chi connectivity index (χ1n) is 15.8. The molecule has 0 bridgehead atoms. The summed E-state index contributed by atoms with van der Waals surface area (Å²) < 4.78 is 0. The Morgan fingerprint density at radius 2 is 1.43 bits per heavy atom. The minimum Gasteiger partial charge on any atom is -0.347 e. The first kappa shape index (κ1) is 28.5. The lowest BCUT2D eigenvalue weighted by Crippen LogP contribution is -3.10. The molecule has 2 atom stereocenters. The van der Waals surface area contributed by atoms with Gasteiger partial charge in [0.15, 0.2) is 0 Å². The second kappa shape index (κ2) is 10.9. The molecule has 2 aliphatic rings. The van der Waals surface area contributed by atoms with Crippen LogP contribution in [0.25, 0.3) is 21.5 Å². The molecule has 0 radical (unpaired) electrons. The number of likely N-dealkylation sites (N-methyl/N-ethyl adjacent to an activating group) is 1. The van der Waals surface area contributed by atoms with Crippen LogP contribution in [0.4, 0.5) is 11.4 Å². The van der Waals surface area contributed by atoms with Crippen LogP contribution in [0.5, 0.6) is 0 Å². The van der Waals surface area contributed by atoms with Crippen molar-refractivity contribution >= 4 is 32.9 Å². The van der Waals surface area contributed by atoms with Crippen LogP contribution in [0.15, 0.2) is 109 Å². The number of rotatable bonds is 7. The van der Waals surface area contributed by atoms with Crippen LogP contribution in [-0.4, -0.2) is 19.6 Å². The van der Waals surface area contributed by atoms with E-state index in [0.717, 1.165) is 5.92 Å². The first-order chi connectivity index (χ1) is 20.1. The van der Waals surface area contributed by atoms with Gasteiger partial charge in [0, 0.05) is 35.5 Å². The van der Waals surface area contributed by atoms with Crippen LogP contribution in [0, 0.1) is 5.92 Å². The number of quaternary nitrogens is 1. The highest BCUT2D eigenvalue weighted by Gasteiger charge is 2.48. The van der Waals surface area contributed by atoms with Gasteiger partial charge in [0.05, 0.1) is 12.0 Å². The molecule has 0 aliphatic carbocycles. The maximum absolute atomic E-state index is 2.47. The van der Waals surface area contributed by atoms with Crippen molar-refractivity contribution in [2.45, 2.75) is 71.3 Å². The van der Waals surface area contributed by atoms with Gasteiger partial charge in [-0.3, -0.25) is 4.90 Å². The summed E-state index contributed by atoms with van der Waals surface area (Å²) in [5.41, 5.74) is 7.07. The average Bonchev–Trinajstić information content (AvgIpc) is 3.31. The van der Waals surface area contributed by atoms with E-state index in [1.165, 1.54) is 69.1 Å². The number of benzene rings is 4. The molecule has 0 spiro atoms.